The van der Waals surface area contributed by atoms with E-state index in [0.29, 0.717) is 0 Å². The largest absolute Gasteiger partial charge is 0.346 e. The Bertz CT molecular complexity index is 459. The van der Waals surface area contributed by atoms with Crippen LogP contribution in [-0.4, -0.2) is 61.9 Å². The highest BCUT2D eigenvalue weighted by Gasteiger charge is 2.49. The number of carbonyl (C=O) groups is 1. The van der Waals surface area contributed by atoms with E-state index in [0.717, 1.165) is 38.9 Å². The van der Waals surface area contributed by atoms with Crippen molar-refractivity contribution < 1.29 is 4.79 Å². The Balaban J connectivity index is 1.81. The van der Waals surface area contributed by atoms with Crippen molar-refractivity contribution in [2.75, 3.05) is 19.6 Å². The molecule has 0 aromatic carbocycles. The first-order valence-corrected chi connectivity index (χ1v) is 6.79. The van der Waals surface area contributed by atoms with Gasteiger partial charge in [0, 0.05) is 19.6 Å². The lowest BCUT2D eigenvalue weighted by Crippen LogP contribution is -2.52. The third-order valence-electron chi connectivity index (χ3n) is 4.38. The molecule has 1 amide bonds. The number of hydrogen-bond acceptors (Lipinski definition) is 5. The first kappa shape index (κ1) is 12.6. The van der Waals surface area contributed by atoms with Gasteiger partial charge < -0.3 is 10.6 Å². The molecular formula is C12H20N6O. The zero-order valence-corrected chi connectivity index (χ0v) is 11.2. The summed E-state index contributed by atoms with van der Waals surface area (Å²) in [6.07, 6.45) is 6.00. The quantitative estimate of drug-likeness (QED) is 0.777. The van der Waals surface area contributed by atoms with Crippen molar-refractivity contribution in [3.63, 3.8) is 0 Å². The van der Waals surface area contributed by atoms with Gasteiger partial charge in [-0.2, -0.15) is 9.78 Å². The number of nitrogens with two attached hydrogens (primary N) is 1. The number of aromatic nitrogens is 3. The molecule has 2 unspecified atom stereocenters. The molecule has 1 aromatic rings. The lowest BCUT2D eigenvalue weighted by molar-refractivity contribution is 0.139. The van der Waals surface area contributed by atoms with E-state index in [1.165, 1.54) is 17.3 Å². The molecule has 2 aliphatic rings. The molecule has 7 nitrogen and oxygen atoms in total. The summed E-state index contributed by atoms with van der Waals surface area (Å²) in [6, 6.07) is -0.0680. The summed E-state index contributed by atoms with van der Waals surface area (Å²) in [7, 11) is 0. The number of carbonyl (C=O) groups excluding carboxylic acids is 1. The fraction of sp³-hybridized carbons (Fsp3) is 0.750. The van der Waals surface area contributed by atoms with Crippen LogP contribution in [0.1, 0.15) is 26.2 Å². The molecule has 0 bridgehead atoms. The van der Waals surface area contributed by atoms with E-state index in [-0.39, 0.29) is 17.7 Å². The van der Waals surface area contributed by atoms with Crippen molar-refractivity contribution >= 4 is 6.03 Å². The van der Waals surface area contributed by atoms with Crippen LogP contribution in [0.3, 0.4) is 0 Å². The van der Waals surface area contributed by atoms with Gasteiger partial charge in [-0.15, -0.1) is 0 Å². The van der Waals surface area contributed by atoms with E-state index in [1.807, 2.05) is 11.8 Å². The van der Waals surface area contributed by atoms with Gasteiger partial charge in [-0.05, 0) is 26.2 Å². The van der Waals surface area contributed by atoms with Crippen LogP contribution in [0.4, 0.5) is 4.79 Å². The third kappa shape index (κ3) is 2.02. The molecule has 104 valence electrons. The summed E-state index contributed by atoms with van der Waals surface area (Å²) in [5.74, 6) is 0. The Morgan fingerprint density at radius 1 is 1.42 bits per heavy atom. The first-order chi connectivity index (χ1) is 9.12. The van der Waals surface area contributed by atoms with Crippen LogP contribution in [0.15, 0.2) is 12.7 Å². The average Bonchev–Trinajstić information content (AvgIpc) is 3.10. The van der Waals surface area contributed by atoms with Gasteiger partial charge in [0.25, 0.3) is 0 Å². The highest BCUT2D eigenvalue weighted by Crippen LogP contribution is 2.38. The van der Waals surface area contributed by atoms with Gasteiger partial charge >= 0.3 is 6.03 Å². The minimum atomic E-state index is -0.0680. The summed E-state index contributed by atoms with van der Waals surface area (Å²) >= 11 is 0. The van der Waals surface area contributed by atoms with E-state index >= 15 is 0 Å². The molecule has 2 atom stereocenters. The summed E-state index contributed by atoms with van der Waals surface area (Å²) in [5, 5.41) is 3.95. The molecule has 2 N–H and O–H groups in total. The Hall–Kier alpha value is -1.47. The van der Waals surface area contributed by atoms with Gasteiger partial charge in [0.1, 0.15) is 12.7 Å². The second-order valence-corrected chi connectivity index (χ2v) is 5.56. The second-order valence-electron chi connectivity index (χ2n) is 5.56. The Morgan fingerprint density at radius 3 is 2.89 bits per heavy atom. The number of hydrogen-bond donors (Lipinski definition) is 1. The minimum absolute atomic E-state index is 0.0447. The van der Waals surface area contributed by atoms with Crippen LogP contribution in [0, 0.1) is 0 Å². The van der Waals surface area contributed by atoms with Crippen molar-refractivity contribution in [3.05, 3.63) is 12.7 Å². The van der Waals surface area contributed by atoms with Crippen molar-refractivity contribution in [2.45, 2.75) is 37.9 Å². The van der Waals surface area contributed by atoms with Crippen LogP contribution in [-0.2, 0) is 0 Å². The zero-order chi connectivity index (χ0) is 13.5. The van der Waals surface area contributed by atoms with Gasteiger partial charge in [0.05, 0.1) is 11.7 Å². The van der Waals surface area contributed by atoms with E-state index < -0.39 is 0 Å². The van der Waals surface area contributed by atoms with E-state index in [4.69, 9.17) is 5.73 Å². The Labute approximate surface area is 112 Å². The molecule has 1 aromatic heterocycles. The number of likely N-dealkylation sites (tertiary alicyclic amines) is 2. The summed E-state index contributed by atoms with van der Waals surface area (Å²) in [4.78, 5) is 20.5. The smallest absolute Gasteiger partial charge is 0.316 e. The number of nitrogens with zero attached hydrogens (tertiary/aromatic N) is 5. The van der Waals surface area contributed by atoms with Crippen molar-refractivity contribution in [1.82, 2.24) is 24.6 Å². The van der Waals surface area contributed by atoms with Gasteiger partial charge in [-0.25, -0.2) is 9.78 Å². The number of rotatable bonds is 1. The molecule has 2 saturated heterocycles. The Kier molecular flexibility index (Phi) is 3.02. The highest BCUT2D eigenvalue weighted by atomic mass is 16.2. The molecule has 0 radical (unpaired) electrons. The van der Waals surface area contributed by atoms with Crippen LogP contribution in [0.2, 0.25) is 0 Å². The van der Waals surface area contributed by atoms with Gasteiger partial charge in [-0.1, -0.05) is 0 Å². The molecule has 0 aliphatic carbocycles. The predicted octanol–water partition coefficient (Wildman–Crippen LogP) is 0.0912. The molecule has 19 heavy (non-hydrogen) atoms. The van der Waals surface area contributed by atoms with Gasteiger partial charge in [0.15, 0.2) is 0 Å². The standard InChI is InChI=1S/C12H20N6O/c1-10(13)16-6-4-12(7-16)3-2-5-17(12)11(19)18-9-14-8-15-18/h8-10H,2-7,13H2,1H3. The maximum Gasteiger partial charge on any atom is 0.346 e. The van der Waals surface area contributed by atoms with Crippen LogP contribution < -0.4 is 5.73 Å². The lowest BCUT2D eigenvalue weighted by Gasteiger charge is -2.35. The van der Waals surface area contributed by atoms with Crippen molar-refractivity contribution in [2.24, 2.45) is 5.73 Å². The summed E-state index contributed by atoms with van der Waals surface area (Å²) in [6.45, 7) is 4.62. The molecule has 3 rings (SSSR count). The molecule has 3 heterocycles. The summed E-state index contributed by atoms with van der Waals surface area (Å²) < 4.78 is 1.32. The molecule has 2 aliphatic heterocycles. The first-order valence-electron chi connectivity index (χ1n) is 6.79. The monoisotopic (exact) mass is 264 g/mol. The van der Waals surface area contributed by atoms with Crippen LogP contribution >= 0.6 is 0 Å². The van der Waals surface area contributed by atoms with Gasteiger partial charge in [-0.3, -0.25) is 4.90 Å². The molecular weight excluding hydrogens is 244 g/mol. The topological polar surface area (TPSA) is 80.3 Å². The average molecular weight is 264 g/mol. The Morgan fingerprint density at radius 2 is 2.26 bits per heavy atom. The van der Waals surface area contributed by atoms with E-state index in [2.05, 4.69) is 15.0 Å². The predicted molar refractivity (Wildman–Crippen MR) is 69.3 cm³/mol. The molecule has 7 heteroatoms. The normalized spacial score (nSPS) is 29.3. The maximum atomic E-state index is 12.5. The second kappa shape index (κ2) is 4.57. The van der Waals surface area contributed by atoms with Crippen LogP contribution in [0.25, 0.3) is 0 Å². The lowest BCUT2D eigenvalue weighted by atomic mass is 9.95. The molecule has 1 spiro atoms. The highest BCUT2D eigenvalue weighted by molar-refractivity contribution is 5.77. The summed E-state index contributed by atoms with van der Waals surface area (Å²) in [5.41, 5.74) is 5.90. The van der Waals surface area contributed by atoms with Gasteiger partial charge in [0.2, 0.25) is 0 Å². The molecule has 0 saturated carbocycles. The zero-order valence-electron chi connectivity index (χ0n) is 11.2. The van der Waals surface area contributed by atoms with Crippen molar-refractivity contribution in [1.29, 1.82) is 0 Å². The fourth-order valence-corrected chi connectivity index (χ4v) is 3.33. The minimum Gasteiger partial charge on any atom is -0.316 e. The SMILES string of the molecule is CC(N)N1CCC2(CCCN2C(=O)n2cncn2)C1. The van der Waals surface area contributed by atoms with E-state index in [9.17, 15) is 4.79 Å². The third-order valence-corrected chi connectivity index (χ3v) is 4.38. The fourth-order valence-electron chi connectivity index (χ4n) is 3.33. The maximum absolute atomic E-state index is 12.5. The van der Waals surface area contributed by atoms with Crippen molar-refractivity contribution in [3.8, 4) is 0 Å². The van der Waals surface area contributed by atoms with E-state index in [1.54, 1.807) is 0 Å². The van der Waals surface area contributed by atoms with Crippen LogP contribution in [0.5, 0.6) is 0 Å². The molecule has 2 fully saturated rings. The number of amides is 1.